The van der Waals surface area contributed by atoms with Crippen molar-refractivity contribution in [3.05, 3.63) is 102 Å². The second kappa shape index (κ2) is 10.0. The first-order valence-corrected chi connectivity index (χ1v) is 10.6. The first kappa shape index (κ1) is 20.8. The Balaban J connectivity index is 1.48. The maximum atomic E-state index is 13.1. The summed E-state index contributed by atoms with van der Waals surface area (Å²) in [7, 11) is 0. The lowest BCUT2D eigenvalue weighted by Crippen LogP contribution is -2.30. The van der Waals surface area contributed by atoms with Gasteiger partial charge in [0.05, 0.1) is 6.04 Å². The fourth-order valence-electron chi connectivity index (χ4n) is 3.77. The van der Waals surface area contributed by atoms with Gasteiger partial charge in [-0.2, -0.15) is 0 Å². The molecule has 0 radical (unpaired) electrons. The molecular formula is C26H26N2O3. The number of carbonyl (C=O) groups is 2. The highest BCUT2D eigenvalue weighted by Crippen LogP contribution is 2.20. The molecule has 3 aromatic rings. The Morgan fingerprint density at radius 2 is 1.68 bits per heavy atom. The summed E-state index contributed by atoms with van der Waals surface area (Å²) in [6.07, 6.45) is 1.89. The van der Waals surface area contributed by atoms with Crippen LogP contribution in [0.3, 0.4) is 0 Å². The van der Waals surface area contributed by atoms with E-state index in [1.807, 2.05) is 48.5 Å². The highest BCUT2D eigenvalue weighted by molar-refractivity contribution is 5.98. The first-order valence-electron chi connectivity index (χ1n) is 10.6. The molecule has 0 saturated carbocycles. The van der Waals surface area contributed by atoms with E-state index < -0.39 is 6.10 Å². The van der Waals surface area contributed by atoms with Crippen LogP contribution in [-0.4, -0.2) is 24.5 Å². The lowest BCUT2D eigenvalue weighted by atomic mass is 9.98. The molecule has 31 heavy (non-hydrogen) atoms. The number of anilines is 1. The summed E-state index contributed by atoms with van der Waals surface area (Å²) in [4.78, 5) is 25.4. The van der Waals surface area contributed by atoms with Gasteiger partial charge in [0.15, 0.2) is 0 Å². The van der Waals surface area contributed by atoms with E-state index >= 15 is 0 Å². The van der Waals surface area contributed by atoms with Gasteiger partial charge in [0, 0.05) is 17.9 Å². The third-order valence-corrected chi connectivity index (χ3v) is 5.40. The molecule has 0 aliphatic carbocycles. The Bertz CT molecular complexity index is 1020. The number of amides is 2. The number of benzene rings is 3. The van der Waals surface area contributed by atoms with Crippen LogP contribution >= 0.6 is 0 Å². The summed E-state index contributed by atoms with van der Waals surface area (Å²) >= 11 is 0. The molecule has 2 amide bonds. The maximum Gasteiger partial charge on any atom is 0.253 e. The number of hydrogen-bond acceptors (Lipinski definition) is 3. The number of rotatable bonds is 7. The van der Waals surface area contributed by atoms with Crippen LogP contribution in [0.1, 0.15) is 40.4 Å². The van der Waals surface area contributed by atoms with E-state index in [0.717, 1.165) is 24.0 Å². The minimum atomic E-state index is -0.411. The smallest absolute Gasteiger partial charge is 0.253 e. The quantitative estimate of drug-likeness (QED) is 0.597. The molecule has 0 spiro atoms. The van der Waals surface area contributed by atoms with E-state index in [1.165, 1.54) is 0 Å². The third kappa shape index (κ3) is 5.58. The van der Waals surface area contributed by atoms with Crippen LogP contribution in [0.5, 0.6) is 0 Å². The van der Waals surface area contributed by atoms with Crippen LogP contribution in [0, 0.1) is 0 Å². The molecule has 0 aromatic heterocycles. The Morgan fingerprint density at radius 3 is 2.39 bits per heavy atom. The maximum absolute atomic E-state index is 13.1. The summed E-state index contributed by atoms with van der Waals surface area (Å²) in [5.74, 6) is -0.348. The van der Waals surface area contributed by atoms with E-state index in [-0.39, 0.29) is 17.9 Å². The summed E-state index contributed by atoms with van der Waals surface area (Å²) in [5, 5.41) is 6.02. The van der Waals surface area contributed by atoms with Gasteiger partial charge in [-0.15, -0.1) is 0 Å². The zero-order chi connectivity index (χ0) is 21.5. The predicted molar refractivity (Wildman–Crippen MR) is 121 cm³/mol. The molecule has 1 saturated heterocycles. The summed E-state index contributed by atoms with van der Waals surface area (Å²) in [5.41, 5.74) is 3.28. The van der Waals surface area contributed by atoms with E-state index in [4.69, 9.17) is 4.74 Å². The van der Waals surface area contributed by atoms with Gasteiger partial charge in [-0.05, 0) is 48.6 Å². The lowest BCUT2D eigenvalue weighted by molar-refractivity contribution is -0.124. The largest absolute Gasteiger partial charge is 0.368 e. The lowest BCUT2D eigenvalue weighted by Gasteiger charge is -2.20. The molecule has 3 aromatic carbocycles. The second-order valence-corrected chi connectivity index (χ2v) is 7.70. The van der Waals surface area contributed by atoms with Crippen molar-refractivity contribution in [2.24, 2.45) is 0 Å². The van der Waals surface area contributed by atoms with Crippen molar-refractivity contribution in [1.29, 1.82) is 0 Å². The molecule has 1 heterocycles. The van der Waals surface area contributed by atoms with Gasteiger partial charge < -0.3 is 15.4 Å². The molecule has 4 rings (SSSR count). The molecule has 1 fully saturated rings. The minimum absolute atomic E-state index is 0.165. The molecule has 1 aliphatic rings. The van der Waals surface area contributed by atoms with Gasteiger partial charge in [0.25, 0.3) is 11.8 Å². The highest BCUT2D eigenvalue weighted by atomic mass is 16.5. The van der Waals surface area contributed by atoms with E-state index in [0.29, 0.717) is 24.3 Å². The fourth-order valence-corrected chi connectivity index (χ4v) is 3.77. The molecule has 0 unspecified atom stereocenters. The molecule has 2 atom stereocenters. The molecule has 0 bridgehead atoms. The van der Waals surface area contributed by atoms with Crippen LogP contribution in [0.25, 0.3) is 0 Å². The number of hydrogen-bond donors (Lipinski definition) is 2. The summed E-state index contributed by atoms with van der Waals surface area (Å²) in [6, 6.07) is 26.9. The van der Waals surface area contributed by atoms with Crippen molar-refractivity contribution in [3.63, 3.8) is 0 Å². The van der Waals surface area contributed by atoms with Gasteiger partial charge in [-0.3, -0.25) is 9.59 Å². The Labute approximate surface area is 182 Å². The van der Waals surface area contributed by atoms with Gasteiger partial charge in [-0.25, -0.2) is 0 Å². The standard InChI is InChI=1S/C26H26N2O3/c29-25(21-13-7-14-22(18-21)27-26(30)24-15-8-16-31-24)28-23(20-11-5-2-6-12-20)17-19-9-3-1-4-10-19/h1-7,9-14,18,23-24H,8,15-17H2,(H,27,30)(H,28,29)/t23-,24-/m0/s1. The first-order chi connectivity index (χ1) is 15.2. The van der Waals surface area contributed by atoms with E-state index in [2.05, 4.69) is 22.8 Å². The average molecular weight is 415 g/mol. The van der Waals surface area contributed by atoms with E-state index in [1.54, 1.807) is 24.3 Å². The fraction of sp³-hybridized carbons (Fsp3) is 0.231. The van der Waals surface area contributed by atoms with Crippen molar-refractivity contribution in [3.8, 4) is 0 Å². The molecule has 2 N–H and O–H groups in total. The third-order valence-electron chi connectivity index (χ3n) is 5.40. The molecule has 158 valence electrons. The monoisotopic (exact) mass is 414 g/mol. The highest BCUT2D eigenvalue weighted by Gasteiger charge is 2.24. The van der Waals surface area contributed by atoms with Crippen molar-refractivity contribution >= 4 is 17.5 Å². The van der Waals surface area contributed by atoms with Crippen LogP contribution in [0.4, 0.5) is 5.69 Å². The minimum Gasteiger partial charge on any atom is -0.368 e. The van der Waals surface area contributed by atoms with Crippen molar-refractivity contribution in [1.82, 2.24) is 5.32 Å². The van der Waals surface area contributed by atoms with Crippen LogP contribution in [0.15, 0.2) is 84.9 Å². The summed E-state index contributed by atoms with van der Waals surface area (Å²) in [6.45, 7) is 0.614. The summed E-state index contributed by atoms with van der Waals surface area (Å²) < 4.78 is 5.43. The normalized spacial score (nSPS) is 16.5. The topological polar surface area (TPSA) is 67.4 Å². The molecular weight excluding hydrogens is 388 g/mol. The number of carbonyl (C=O) groups excluding carboxylic acids is 2. The van der Waals surface area contributed by atoms with Crippen molar-refractivity contribution in [2.75, 3.05) is 11.9 Å². The van der Waals surface area contributed by atoms with Crippen LogP contribution < -0.4 is 10.6 Å². The molecule has 5 heteroatoms. The Morgan fingerprint density at radius 1 is 0.935 bits per heavy atom. The average Bonchev–Trinajstić information content (AvgIpc) is 3.35. The van der Waals surface area contributed by atoms with Gasteiger partial charge in [-0.1, -0.05) is 66.7 Å². The Kier molecular flexibility index (Phi) is 6.75. The predicted octanol–water partition coefficient (Wildman–Crippen LogP) is 4.52. The van der Waals surface area contributed by atoms with Gasteiger partial charge in [0.1, 0.15) is 6.10 Å². The van der Waals surface area contributed by atoms with Crippen LogP contribution in [0.2, 0.25) is 0 Å². The molecule has 5 nitrogen and oxygen atoms in total. The Hall–Kier alpha value is -3.44. The van der Waals surface area contributed by atoms with Gasteiger partial charge in [0.2, 0.25) is 0 Å². The van der Waals surface area contributed by atoms with E-state index in [9.17, 15) is 9.59 Å². The SMILES string of the molecule is O=C(N[C@@H](Cc1ccccc1)c1ccccc1)c1cccc(NC(=O)[C@@H]2CCCO2)c1. The number of nitrogens with one attached hydrogen (secondary N) is 2. The zero-order valence-corrected chi connectivity index (χ0v) is 17.3. The van der Waals surface area contributed by atoms with Crippen molar-refractivity contribution in [2.45, 2.75) is 31.4 Å². The van der Waals surface area contributed by atoms with Crippen molar-refractivity contribution < 1.29 is 14.3 Å². The zero-order valence-electron chi connectivity index (χ0n) is 17.3. The molecule has 1 aliphatic heterocycles. The van der Waals surface area contributed by atoms with Gasteiger partial charge >= 0.3 is 0 Å². The van der Waals surface area contributed by atoms with Crippen LogP contribution in [-0.2, 0) is 16.0 Å². The second-order valence-electron chi connectivity index (χ2n) is 7.70. The number of ether oxygens (including phenoxy) is 1.